The van der Waals surface area contributed by atoms with Crippen LogP contribution in [0, 0.1) is 5.82 Å². The van der Waals surface area contributed by atoms with Crippen molar-refractivity contribution in [2.45, 2.75) is 76.7 Å². The molecule has 0 radical (unpaired) electrons. The number of amides is 1. The van der Waals surface area contributed by atoms with Crippen LogP contribution >= 0.6 is 0 Å². The van der Waals surface area contributed by atoms with Crippen LogP contribution in [0.4, 0.5) is 10.1 Å². The predicted molar refractivity (Wildman–Crippen MR) is 191 cm³/mol. The fourth-order valence-corrected chi connectivity index (χ4v) is 6.20. The minimum Gasteiger partial charge on any atom is -0.463 e. The monoisotopic (exact) mass is 754 g/mol. The molecule has 4 rings (SSSR count). The van der Waals surface area contributed by atoms with Crippen LogP contribution in [0.5, 0.6) is 0 Å². The predicted octanol–water partition coefficient (Wildman–Crippen LogP) is 5.95. The van der Waals surface area contributed by atoms with Crippen molar-refractivity contribution < 1.29 is 59.4 Å². The second-order valence-electron chi connectivity index (χ2n) is 12.9. The van der Waals surface area contributed by atoms with E-state index in [0.29, 0.717) is 33.8 Å². The maximum Gasteiger partial charge on any atom is 0.308 e. The molecule has 7 N–H and O–H groups in total. The van der Waals surface area contributed by atoms with E-state index in [4.69, 9.17) is 30.4 Å². The van der Waals surface area contributed by atoms with Crippen molar-refractivity contribution >= 4 is 17.6 Å². The van der Waals surface area contributed by atoms with Crippen LogP contribution in [0.15, 0.2) is 84.9 Å². The van der Waals surface area contributed by atoms with Crippen molar-refractivity contribution in [3.05, 3.63) is 102 Å². The number of nitrogens with zero attached hydrogens (tertiary/aromatic N) is 3. The van der Waals surface area contributed by atoms with Crippen LogP contribution in [-0.2, 0) is 25.8 Å². The molecule has 1 heterocycles. The highest BCUT2D eigenvalue weighted by Crippen LogP contribution is 2.42. The molecule has 15 nitrogen and oxygen atoms in total. The molecule has 3 aromatic carbocycles. The van der Waals surface area contributed by atoms with Crippen molar-refractivity contribution in [1.29, 1.82) is 0 Å². The van der Waals surface area contributed by atoms with Gasteiger partial charge in [0.25, 0.3) is 5.91 Å². The minimum absolute atomic E-state index is 0.0549. The fraction of sp³-hybridized carbons (Fsp3) is 0.368. The topological polar surface area (TPSA) is 207 Å². The van der Waals surface area contributed by atoms with Crippen LogP contribution < -0.4 is 5.32 Å². The van der Waals surface area contributed by atoms with Gasteiger partial charge in [0.15, 0.2) is 0 Å². The number of carbonyl (C=O) groups excluding carboxylic acids is 2. The lowest BCUT2D eigenvalue weighted by molar-refractivity contribution is -0.507. The quantitative estimate of drug-likeness (QED) is 0.0299. The Morgan fingerprint density at radius 1 is 0.833 bits per heavy atom. The van der Waals surface area contributed by atoms with Crippen molar-refractivity contribution in [2.75, 3.05) is 18.5 Å². The SMILES string of the molecule is CC(C)c1c(C(=O)Nc2ccccc2)c(-c2ccccc2)c(-c2ccc(F)cc2)n1CCC(O)CC(O)CC(=O)OCC(CCCON(O)O)ON(O)O. The van der Waals surface area contributed by atoms with E-state index in [-0.39, 0.29) is 50.7 Å². The largest absolute Gasteiger partial charge is 0.463 e. The standard InChI is InChI=1S/C38H47FN4O11/c1-25(2)36-35(38(47)40-29-12-7-4-8-13-29)34(26-10-5-3-6-11-26)37(27-15-17-28(39)18-16-27)41(36)20-19-30(44)22-31(45)23-33(46)52-24-32(54-43(50)51)14-9-21-53-42(48)49/h3-8,10-13,15-18,25,30-32,44-45,48-51H,9,14,19-24H2,1-2H3,(H,40,47). The first-order valence-corrected chi connectivity index (χ1v) is 17.4. The number of aliphatic hydroxyl groups is 2. The maximum atomic E-state index is 14.2. The molecule has 54 heavy (non-hydrogen) atoms. The molecule has 3 unspecified atom stereocenters. The molecule has 292 valence electrons. The van der Waals surface area contributed by atoms with E-state index in [1.54, 1.807) is 24.3 Å². The summed E-state index contributed by atoms with van der Waals surface area (Å²) in [6, 6.07) is 24.4. The number of aliphatic hydroxyl groups excluding tert-OH is 2. The number of hydrogen-bond acceptors (Lipinski definition) is 13. The highest BCUT2D eigenvalue weighted by Gasteiger charge is 2.31. The Labute approximate surface area is 311 Å². The molecule has 0 aliphatic heterocycles. The second kappa shape index (κ2) is 20.8. The van der Waals surface area contributed by atoms with Crippen LogP contribution in [-0.4, -0.2) is 89.8 Å². The van der Waals surface area contributed by atoms with Crippen molar-refractivity contribution in [3.8, 4) is 22.4 Å². The summed E-state index contributed by atoms with van der Waals surface area (Å²) >= 11 is 0. The van der Waals surface area contributed by atoms with E-state index in [0.717, 1.165) is 5.56 Å². The van der Waals surface area contributed by atoms with E-state index in [2.05, 4.69) is 10.2 Å². The minimum atomic E-state index is -1.30. The molecule has 1 aromatic heterocycles. The van der Waals surface area contributed by atoms with E-state index in [1.807, 2.05) is 66.9 Å². The summed E-state index contributed by atoms with van der Waals surface area (Å²) in [5.74, 6) is -1.79. The van der Waals surface area contributed by atoms with Gasteiger partial charge in [-0.2, -0.15) is 0 Å². The summed E-state index contributed by atoms with van der Waals surface area (Å²) in [7, 11) is 0. The molecule has 1 amide bonds. The molecule has 3 atom stereocenters. The third-order valence-corrected chi connectivity index (χ3v) is 8.47. The molecule has 0 saturated carbocycles. The smallest absolute Gasteiger partial charge is 0.308 e. The number of rotatable bonds is 21. The summed E-state index contributed by atoms with van der Waals surface area (Å²) < 4.78 is 21.3. The first-order valence-electron chi connectivity index (χ1n) is 17.4. The lowest BCUT2D eigenvalue weighted by Gasteiger charge is -2.21. The third-order valence-electron chi connectivity index (χ3n) is 8.47. The molecule has 0 fully saturated rings. The number of nitrogens with one attached hydrogen (secondary N) is 1. The molecule has 0 aliphatic rings. The average molecular weight is 755 g/mol. The fourth-order valence-electron chi connectivity index (χ4n) is 6.20. The van der Waals surface area contributed by atoms with Gasteiger partial charge < -0.3 is 24.8 Å². The number of ether oxygens (including phenoxy) is 1. The Bertz CT molecular complexity index is 1760. The Morgan fingerprint density at radius 2 is 1.48 bits per heavy atom. The molecule has 0 saturated heterocycles. The molecule has 16 heteroatoms. The van der Waals surface area contributed by atoms with Crippen LogP contribution in [0.25, 0.3) is 22.4 Å². The number of para-hydroxylation sites is 1. The first kappa shape index (κ1) is 42.2. The van der Waals surface area contributed by atoms with Gasteiger partial charge in [0.2, 0.25) is 0 Å². The molecule has 0 aliphatic carbocycles. The lowest BCUT2D eigenvalue weighted by atomic mass is 9.94. The number of halogens is 1. The summed E-state index contributed by atoms with van der Waals surface area (Å²) in [6.07, 6.45) is -3.80. The highest BCUT2D eigenvalue weighted by atomic mass is 19.1. The Kier molecular flexibility index (Phi) is 16.2. The number of hydrogen-bond donors (Lipinski definition) is 7. The van der Waals surface area contributed by atoms with Gasteiger partial charge in [-0.25, -0.2) is 9.23 Å². The van der Waals surface area contributed by atoms with Crippen molar-refractivity contribution in [1.82, 2.24) is 15.3 Å². The second-order valence-corrected chi connectivity index (χ2v) is 12.9. The lowest BCUT2D eigenvalue weighted by Crippen LogP contribution is -2.30. The summed E-state index contributed by atoms with van der Waals surface area (Å²) in [5.41, 5.74) is 4.43. The van der Waals surface area contributed by atoms with Gasteiger partial charge in [-0.1, -0.05) is 62.4 Å². The summed E-state index contributed by atoms with van der Waals surface area (Å²) in [6.45, 7) is 3.51. The van der Waals surface area contributed by atoms with E-state index >= 15 is 0 Å². The van der Waals surface area contributed by atoms with Crippen molar-refractivity contribution in [3.63, 3.8) is 0 Å². The maximum absolute atomic E-state index is 14.2. The average Bonchev–Trinajstić information content (AvgIpc) is 3.48. The molecule has 0 bridgehead atoms. The van der Waals surface area contributed by atoms with Gasteiger partial charge in [-0.15, -0.1) is 0 Å². The van der Waals surface area contributed by atoms with Crippen LogP contribution in [0.3, 0.4) is 0 Å². The van der Waals surface area contributed by atoms with Gasteiger partial charge in [-0.3, -0.25) is 35.3 Å². The molecule has 4 aromatic rings. The number of esters is 1. The highest BCUT2D eigenvalue weighted by molar-refractivity contribution is 6.12. The number of anilines is 1. The van der Waals surface area contributed by atoms with Crippen molar-refractivity contribution in [2.24, 2.45) is 0 Å². The van der Waals surface area contributed by atoms with E-state index < -0.39 is 53.9 Å². The molecular formula is C38H47FN4O11. The van der Waals surface area contributed by atoms with Gasteiger partial charge in [-0.05, 0) is 79.1 Å². The zero-order chi connectivity index (χ0) is 39.2. The Balaban J connectivity index is 1.55. The summed E-state index contributed by atoms with van der Waals surface area (Å²) in [4.78, 5) is 35.9. The number of aromatic nitrogens is 1. The normalized spacial score (nSPS) is 13.3. The first-order chi connectivity index (χ1) is 25.8. The van der Waals surface area contributed by atoms with E-state index in [9.17, 15) is 24.2 Å². The van der Waals surface area contributed by atoms with Gasteiger partial charge in [0, 0.05) is 23.5 Å². The molecule has 0 spiro atoms. The van der Waals surface area contributed by atoms with Gasteiger partial charge in [0.05, 0.1) is 47.3 Å². The van der Waals surface area contributed by atoms with E-state index in [1.165, 1.54) is 12.1 Å². The molecular weight excluding hydrogens is 707 g/mol. The number of carbonyl (C=O) groups is 2. The van der Waals surface area contributed by atoms with Crippen LogP contribution in [0.1, 0.15) is 67.9 Å². The number of benzene rings is 3. The van der Waals surface area contributed by atoms with Crippen LogP contribution in [0.2, 0.25) is 0 Å². The zero-order valence-electron chi connectivity index (χ0n) is 30.0. The third kappa shape index (κ3) is 12.5. The Hall–Kier alpha value is -4.59. The van der Waals surface area contributed by atoms with Gasteiger partial charge in [0.1, 0.15) is 18.5 Å². The Morgan fingerprint density at radius 3 is 2.09 bits per heavy atom. The van der Waals surface area contributed by atoms with Gasteiger partial charge >= 0.3 is 5.97 Å². The summed E-state index contributed by atoms with van der Waals surface area (Å²) in [5, 5.41) is 59.0. The zero-order valence-corrected chi connectivity index (χ0v) is 30.0.